The molecule has 2 aromatic heterocycles. The number of amides is 1. The Hall–Kier alpha value is -3.35. The molecule has 1 amide bonds. The van der Waals surface area contributed by atoms with Crippen molar-refractivity contribution in [2.45, 2.75) is 13.8 Å². The number of nitrogens with one attached hydrogen (secondary N) is 1. The number of rotatable bonds is 4. The minimum Gasteiger partial charge on any atom is -0.477 e. The van der Waals surface area contributed by atoms with Gasteiger partial charge in [0.05, 0.1) is 18.1 Å². The smallest absolute Gasteiger partial charge is 0.341 e. The van der Waals surface area contributed by atoms with Gasteiger partial charge in [0.25, 0.3) is 5.91 Å². The predicted octanol–water partition coefficient (Wildman–Crippen LogP) is 3.03. The molecule has 3 aromatic rings. The maximum atomic E-state index is 12.2. The van der Waals surface area contributed by atoms with Crippen molar-refractivity contribution in [3.63, 3.8) is 0 Å². The number of hydrogen-bond acceptors (Lipinski definition) is 4. The van der Waals surface area contributed by atoms with Gasteiger partial charge in [-0.3, -0.25) is 4.79 Å². The Morgan fingerprint density at radius 1 is 1.21 bits per heavy atom. The minimum absolute atomic E-state index is 0.0761. The van der Waals surface area contributed by atoms with Gasteiger partial charge in [0.15, 0.2) is 11.6 Å². The lowest BCUT2D eigenvalue weighted by molar-refractivity contribution is 0.0698. The molecule has 2 N–H and O–H groups in total. The van der Waals surface area contributed by atoms with Crippen molar-refractivity contribution in [1.82, 2.24) is 9.78 Å². The standard InChI is InChI=1S/C17H15N3O4/c1-10-5-6-12(8-11(10)2)20-15(13(9-18-20)17(22)23)19-16(21)14-4-3-7-24-14/h3-9H,1-2H3,(H,19,21)(H,22,23). The fourth-order valence-electron chi connectivity index (χ4n) is 2.26. The summed E-state index contributed by atoms with van der Waals surface area (Å²) in [7, 11) is 0. The lowest BCUT2D eigenvalue weighted by Crippen LogP contribution is -2.17. The molecule has 0 aliphatic heterocycles. The first-order valence-electron chi connectivity index (χ1n) is 7.21. The number of nitrogens with zero attached hydrogens (tertiary/aromatic N) is 2. The monoisotopic (exact) mass is 325 g/mol. The first-order valence-corrected chi connectivity index (χ1v) is 7.21. The Morgan fingerprint density at radius 3 is 2.62 bits per heavy atom. The molecule has 122 valence electrons. The molecular weight excluding hydrogens is 310 g/mol. The number of aryl methyl sites for hydroxylation is 2. The molecule has 0 atom stereocenters. The van der Waals surface area contributed by atoms with E-state index in [4.69, 9.17) is 4.42 Å². The van der Waals surface area contributed by atoms with Crippen molar-refractivity contribution in [1.29, 1.82) is 0 Å². The van der Waals surface area contributed by atoms with E-state index in [1.54, 1.807) is 6.07 Å². The molecule has 24 heavy (non-hydrogen) atoms. The fourth-order valence-corrected chi connectivity index (χ4v) is 2.26. The van der Waals surface area contributed by atoms with Gasteiger partial charge < -0.3 is 14.8 Å². The first kappa shape index (κ1) is 15.5. The molecule has 0 unspecified atom stereocenters. The van der Waals surface area contributed by atoms with E-state index < -0.39 is 11.9 Å². The van der Waals surface area contributed by atoms with Crippen LogP contribution in [0, 0.1) is 13.8 Å². The van der Waals surface area contributed by atoms with Crippen LogP contribution in [-0.2, 0) is 0 Å². The van der Waals surface area contributed by atoms with Crippen LogP contribution in [0.1, 0.15) is 32.0 Å². The molecule has 0 fully saturated rings. The maximum Gasteiger partial charge on any atom is 0.341 e. The van der Waals surface area contributed by atoms with Gasteiger partial charge in [-0.2, -0.15) is 5.10 Å². The van der Waals surface area contributed by atoms with Crippen molar-refractivity contribution >= 4 is 17.7 Å². The Labute approximate surface area is 137 Å². The molecule has 3 rings (SSSR count). The average molecular weight is 325 g/mol. The van der Waals surface area contributed by atoms with Crippen LogP contribution in [0.4, 0.5) is 5.82 Å². The molecular formula is C17H15N3O4. The summed E-state index contributed by atoms with van der Waals surface area (Å²) < 4.78 is 6.42. The molecule has 1 aromatic carbocycles. The Kier molecular flexibility index (Phi) is 3.91. The summed E-state index contributed by atoms with van der Waals surface area (Å²) in [4.78, 5) is 23.6. The second kappa shape index (κ2) is 6.04. The van der Waals surface area contributed by atoms with Crippen molar-refractivity contribution in [2.75, 3.05) is 5.32 Å². The van der Waals surface area contributed by atoms with E-state index in [9.17, 15) is 14.7 Å². The van der Waals surface area contributed by atoms with E-state index in [0.717, 1.165) is 11.1 Å². The van der Waals surface area contributed by atoms with E-state index in [0.29, 0.717) is 5.69 Å². The zero-order valence-electron chi connectivity index (χ0n) is 13.1. The summed E-state index contributed by atoms with van der Waals surface area (Å²) in [5.74, 6) is -1.57. The summed E-state index contributed by atoms with van der Waals surface area (Å²) in [5, 5.41) is 16.0. The largest absolute Gasteiger partial charge is 0.477 e. The van der Waals surface area contributed by atoms with E-state index in [2.05, 4.69) is 10.4 Å². The highest BCUT2D eigenvalue weighted by atomic mass is 16.4. The number of carbonyl (C=O) groups is 2. The van der Waals surface area contributed by atoms with Gasteiger partial charge in [0, 0.05) is 0 Å². The van der Waals surface area contributed by atoms with Crippen LogP contribution in [0.3, 0.4) is 0 Å². The van der Waals surface area contributed by atoms with Crippen molar-refractivity contribution in [3.05, 3.63) is 65.2 Å². The maximum absolute atomic E-state index is 12.2. The molecule has 2 heterocycles. The number of anilines is 1. The van der Waals surface area contributed by atoms with Crippen LogP contribution in [0.2, 0.25) is 0 Å². The van der Waals surface area contributed by atoms with E-state index >= 15 is 0 Å². The fraction of sp³-hybridized carbons (Fsp3) is 0.118. The van der Waals surface area contributed by atoms with Gasteiger partial charge in [-0.1, -0.05) is 6.07 Å². The van der Waals surface area contributed by atoms with Gasteiger partial charge in [0.1, 0.15) is 5.56 Å². The zero-order chi connectivity index (χ0) is 17.3. The third kappa shape index (κ3) is 2.79. The summed E-state index contributed by atoms with van der Waals surface area (Å²) in [6, 6.07) is 8.66. The number of aromatic nitrogens is 2. The molecule has 0 saturated carbocycles. The SMILES string of the molecule is Cc1ccc(-n2ncc(C(=O)O)c2NC(=O)c2ccco2)cc1C. The van der Waals surface area contributed by atoms with Crippen LogP contribution in [0.25, 0.3) is 5.69 Å². The van der Waals surface area contributed by atoms with Crippen LogP contribution < -0.4 is 5.32 Å². The van der Waals surface area contributed by atoms with Crippen LogP contribution in [-0.4, -0.2) is 26.8 Å². The lowest BCUT2D eigenvalue weighted by Gasteiger charge is -2.11. The minimum atomic E-state index is -1.18. The third-order valence-electron chi connectivity index (χ3n) is 3.71. The number of hydrogen-bond donors (Lipinski definition) is 2. The highest BCUT2D eigenvalue weighted by Crippen LogP contribution is 2.23. The summed E-state index contributed by atoms with van der Waals surface area (Å²) in [5.41, 5.74) is 2.68. The van der Waals surface area contributed by atoms with Crippen LogP contribution in [0.5, 0.6) is 0 Å². The lowest BCUT2D eigenvalue weighted by atomic mass is 10.1. The second-order valence-electron chi connectivity index (χ2n) is 5.32. The number of aromatic carboxylic acids is 1. The van der Waals surface area contributed by atoms with E-state index in [1.807, 2.05) is 32.0 Å². The van der Waals surface area contributed by atoms with Crippen molar-refractivity contribution in [2.24, 2.45) is 0 Å². The molecule has 0 bridgehead atoms. The first-order chi connectivity index (χ1) is 11.5. The van der Waals surface area contributed by atoms with Crippen LogP contribution >= 0.6 is 0 Å². The van der Waals surface area contributed by atoms with Crippen LogP contribution in [0.15, 0.2) is 47.2 Å². The normalized spacial score (nSPS) is 10.6. The van der Waals surface area contributed by atoms with E-state index in [1.165, 1.54) is 23.2 Å². The van der Waals surface area contributed by atoms with Crippen molar-refractivity contribution in [3.8, 4) is 5.69 Å². The Balaban J connectivity index is 2.05. The number of carbonyl (C=O) groups excluding carboxylic acids is 1. The topological polar surface area (TPSA) is 97.4 Å². The van der Waals surface area contributed by atoms with Gasteiger partial charge in [-0.05, 0) is 49.2 Å². The average Bonchev–Trinajstić information content (AvgIpc) is 3.19. The number of carboxylic acid groups (broad SMARTS) is 1. The predicted molar refractivity (Wildman–Crippen MR) is 86.7 cm³/mol. The summed E-state index contributed by atoms with van der Waals surface area (Å²) >= 11 is 0. The second-order valence-corrected chi connectivity index (χ2v) is 5.32. The van der Waals surface area contributed by atoms with Crippen molar-refractivity contribution < 1.29 is 19.1 Å². The third-order valence-corrected chi connectivity index (χ3v) is 3.71. The van der Waals surface area contributed by atoms with E-state index in [-0.39, 0.29) is 17.1 Å². The molecule has 7 heteroatoms. The summed E-state index contributed by atoms with van der Waals surface area (Å²) in [6.45, 7) is 3.92. The quantitative estimate of drug-likeness (QED) is 0.768. The number of furan rings is 1. The molecule has 7 nitrogen and oxygen atoms in total. The number of benzene rings is 1. The molecule has 0 aliphatic carbocycles. The number of carboxylic acids is 1. The molecule has 0 spiro atoms. The molecule has 0 saturated heterocycles. The Morgan fingerprint density at radius 2 is 2.00 bits per heavy atom. The molecule has 0 aliphatic rings. The molecule has 0 radical (unpaired) electrons. The van der Waals surface area contributed by atoms with Gasteiger partial charge in [0.2, 0.25) is 0 Å². The van der Waals surface area contributed by atoms with Gasteiger partial charge in [-0.15, -0.1) is 0 Å². The van der Waals surface area contributed by atoms with Gasteiger partial charge >= 0.3 is 5.97 Å². The Bertz CT molecular complexity index is 910. The zero-order valence-corrected chi connectivity index (χ0v) is 13.1. The highest BCUT2D eigenvalue weighted by molar-refractivity contribution is 6.05. The highest BCUT2D eigenvalue weighted by Gasteiger charge is 2.21. The summed E-state index contributed by atoms with van der Waals surface area (Å²) in [6.07, 6.45) is 2.57. The van der Waals surface area contributed by atoms with Gasteiger partial charge in [-0.25, -0.2) is 9.48 Å².